The zero-order chi connectivity index (χ0) is 20.1. The van der Waals surface area contributed by atoms with Crippen LogP contribution < -0.4 is 5.32 Å². The molecule has 1 heterocycles. The van der Waals surface area contributed by atoms with Crippen molar-refractivity contribution in [3.05, 3.63) is 71.8 Å². The molecule has 28 heavy (non-hydrogen) atoms. The van der Waals surface area contributed by atoms with Gasteiger partial charge in [-0.15, -0.1) is 0 Å². The Bertz CT molecular complexity index is 911. The minimum Gasteiger partial charge on any atom is -0.382 e. The summed E-state index contributed by atoms with van der Waals surface area (Å²) >= 11 is 0. The van der Waals surface area contributed by atoms with E-state index >= 15 is 0 Å². The second kappa shape index (κ2) is 9.05. The molecule has 2 aromatic carbocycles. The van der Waals surface area contributed by atoms with Crippen molar-refractivity contribution in [2.24, 2.45) is 0 Å². The molecule has 0 spiro atoms. The van der Waals surface area contributed by atoms with Crippen LogP contribution in [0.25, 0.3) is 16.7 Å². The van der Waals surface area contributed by atoms with Gasteiger partial charge in [0.2, 0.25) is 0 Å². The van der Waals surface area contributed by atoms with Crippen LogP contribution in [-0.4, -0.2) is 16.0 Å². The molecule has 0 saturated carbocycles. The van der Waals surface area contributed by atoms with Gasteiger partial charge in [0.15, 0.2) is 0 Å². The number of aromatic amines is 1. The number of benzene rings is 2. The van der Waals surface area contributed by atoms with E-state index in [2.05, 4.69) is 36.8 Å². The maximum atomic E-state index is 13.8. The number of aryl methyl sites for hydroxylation is 1. The number of fused-ring (bicyclic) bond motifs is 1. The first-order valence-corrected chi connectivity index (χ1v) is 10.2. The van der Waals surface area contributed by atoms with Crippen LogP contribution in [-0.2, 0) is 6.42 Å². The van der Waals surface area contributed by atoms with Crippen LogP contribution in [0.1, 0.15) is 62.9 Å². The number of halogens is 1. The Balaban J connectivity index is 1.71. The summed E-state index contributed by atoms with van der Waals surface area (Å²) in [5, 5.41) is 3.58. The standard InChI is InChI=1S/C24H30FN3/c1-5-9-20(26-17(4)19-12-13-21(25)18(6-2)15-19)14-16(3)24-27-22-10-7-8-11-23(22)28-24/h7-8,10-13,15-16,20,26H,4-6,9,14H2,1-3H3,(H,27,28)/t16?,20-/m1/s1. The number of nitrogens with one attached hydrogen (secondary N) is 2. The van der Waals surface area contributed by atoms with Gasteiger partial charge < -0.3 is 10.3 Å². The Morgan fingerprint density at radius 2 is 2.00 bits per heavy atom. The lowest BCUT2D eigenvalue weighted by atomic mass is 9.97. The number of imidazole rings is 1. The molecule has 3 aromatic rings. The lowest BCUT2D eigenvalue weighted by Crippen LogP contribution is -2.29. The van der Waals surface area contributed by atoms with E-state index in [1.807, 2.05) is 31.2 Å². The van der Waals surface area contributed by atoms with Gasteiger partial charge >= 0.3 is 0 Å². The Kier molecular flexibility index (Phi) is 6.50. The van der Waals surface area contributed by atoms with Crippen molar-refractivity contribution in [2.45, 2.75) is 58.4 Å². The van der Waals surface area contributed by atoms with E-state index in [-0.39, 0.29) is 11.9 Å². The highest BCUT2D eigenvalue weighted by atomic mass is 19.1. The molecule has 2 atom stereocenters. The third kappa shape index (κ3) is 4.61. The number of para-hydroxylation sites is 2. The van der Waals surface area contributed by atoms with Crippen molar-refractivity contribution in [3.63, 3.8) is 0 Å². The zero-order valence-electron chi connectivity index (χ0n) is 17.1. The van der Waals surface area contributed by atoms with Crippen molar-refractivity contribution in [3.8, 4) is 0 Å². The normalized spacial score (nSPS) is 13.4. The van der Waals surface area contributed by atoms with E-state index in [9.17, 15) is 4.39 Å². The molecule has 4 heteroatoms. The van der Waals surface area contributed by atoms with Crippen molar-refractivity contribution < 1.29 is 4.39 Å². The number of H-pyrrole nitrogens is 1. The number of hydrogen-bond donors (Lipinski definition) is 2. The first-order valence-electron chi connectivity index (χ1n) is 10.2. The molecule has 3 nitrogen and oxygen atoms in total. The maximum Gasteiger partial charge on any atom is 0.126 e. The highest BCUT2D eigenvalue weighted by molar-refractivity contribution is 5.74. The molecule has 0 aliphatic rings. The molecular formula is C24H30FN3. The Hall–Kier alpha value is -2.62. The van der Waals surface area contributed by atoms with E-state index in [0.29, 0.717) is 12.3 Å². The zero-order valence-corrected chi connectivity index (χ0v) is 17.1. The highest BCUT2D eigenvalue weighted by Crippen LogP contribution is 2.24. The van der Waals surface area contributed by atoms with E-state index in [1.165, 1.54) is 6.07 Å². The molecule has 3 rings (SSSR count). The molecule has 1 aromatic heterocycles. The van der Waals surface area contributed by atoms with Gasteiger partial charge in [0.05, 0.1) is 11.0 Å². The smallest absolute Gasteiger partial charge is 0.126 e. The fourth-order valence-electron chi connectivity index (χ4n) is 3.70. The van der Waals surface area contributed by atoms with Crippen LogP contribution in [0.15, 0.2) is 49.0 Å². The molecule has 0 saturated heterocycles. The summed E-state index contributed by atoms with van der Waals surface area (Å²) < 4.78 is 13.8. The number of nitrogens with zero attached hydrogens (tertiary/aromatic N) is 1. The summed E-state index contributed by atoms with van der Waals surface area (Å²) in [6, 6.07) is 13.6. The van der Waals surface area contributed by atoms with Crippen LogP contribution in [0.3, 0.4) is 0 Å². The van der Waals surface area contributed by atoms with Crippen LogP contribution in [0.2, 0.25) is 0 Å². The predicted octanol–water partition coefficient (Wildman–Crippen LogP) is 6.19. The molecule has 0 aliphatic heterocycles. The van der Waals surface area contributed by atoms with Crippen molar-refractivity contribution in [1.29, 1.82) is 0 Å². The van der Waals surface area contributed by atoms with Crippen molar-refractivity contribution in [1.82, 2.24) is 15.3 Å². The molecule has 1 unspecified atom stereocenters. The molecule has 2 N–H and O–H groups in total. The van der Waals surface area contributed by atoms with Crippen LogP contribution in [0.4, 0.5) is 4.39 Å². The SMILES string of the molecule is C=C(N[C@H](CCC)CC(C)c1nc2ccccc2[nH]1)c1ccc(F)c(CC)c1. The average molecular weight is 380 g/mol. The monoisotopic (exact) mass is 379 g/mol. The summed E-state index contributed by atoms with van der Waals surface area (Å²) in [4.78, 5) is 8.19. The van der Waals surface area contributed by atoms with Gasteiger partial charge in [-0.1, -0.05) is 52.0 Å². The van der Waals surface area contributed by atoms with Gasteiger partial charge in [0, 0.05) is 17.7 Å². The lowest BCUT2D eigenvalue weighted by Gasteiger charge is -2.24. The van der Waals surface area contributed by atoms with E-state index in [0.717, 1.165) is 52.9 Å². The summed E-state index contributed by atoms with van der Waals surface area (Å²) in [7, 11) is 0. The third-order valence-corrected chi connectivity index (χ3v) is 5.30. The molecule has 0 fully saturated rings. The lowest BCUT2D eigenvalue weighted by molar-refractivity contribution is 0.464. The molecule has 0 bridgehead atoms. The Morgan fingerprint density at radius 3 is 2.71 bits per heavy atom. The minimum atomic E-state index is -0.150. The van der Waals surface area contributed by atoms with E-state index in [4.69, 9.17) is 4.98 Å². The largest absolute Gasteiger partial charge is 0.382 e. The first-order chi connectivity index (χ1) is 13.5. The number of hydrogen-bond acceptors (Lipinski definition) is 2. The fraction of sp³-hybridized carbons (Fsp3) is 0.375. The van der Waals surface area contributed by atoms with Crippen molar-refractivity contribution in [2.75, 3.05) is 0 Å². The fourth-order valence-corrected chi connectivity index (χ4v) is 3.70. The topological polar surface area (TPSA) is 40.7 Å². The average Bonchev–Trinajstić information content (AvgIpc) is 3.13. The summed E-state index contributed by atoms with van der Waals surface area (Å²) in [5.74, 6) is 1.16. The van der Waals surface area contributed by atoms with E-state index in [1.54, 1.807) is 6.07 Å². The molecule has 148 valence electrons. The van der Waals surface area contributed by atoms with E-state index < -0.39 is 0 Å². The van der Waals surface area contributed by atoms with Gasteiger partial charge in [0.25, 0.3) is 0 Å². The Labute approximate surface area is 167 Å². The summed E-state index contributed by atoms with van der Waals surface area (Å²) in [6.07, 6.45) is 3.76. The molecule has 0 aliphatic carbocycles. The Morgan fingerprint density at radius 1 is 1.21 bits per heavy atom. The molecule has 0 amide bonds. The number of aromatic nitrogens is 2. The van der Waals surface area contributed by atoms with Crippen LogP contribution in [0.5, 0.6) is 0 Å². The molecular weight excluding hydrogens is 349 g/mol. The maximum absolute atomic E-state index is 13.8. The molecule has 0 radical (unpaired) electrons. The van der Waals surface area contributed by atoms with Crippen LogP contribution in [0, 0.1) is 5.82 Å². The summed E-state index contributed by atoms with van der Waals surface area (Å²) in [6.45, 7) is 10.6. The second-order valence-corrected chi connectivity index (χ2v) is 7.54. The number of rotatable bonds is 9. The predicted molar refractivity (Wildman–Crippen MR) is 116 cm³/mol. The van der Waals surface area contributed by atoms with Gasteiger partial charge in [-0.3, -0.25) is 0 Å². The first kappa shape index (κ1) is 20.1. The van der Waals surface area contributed by atoms with Crippen LogP contribution >= 0.6 is 0 Å². The van der Waals surface area contributed by atoms with Gasteiger partial charge in [0.1, 0.15) is 11.6 Å². The second-order valence-electron chi connectivity index (χ2n) is 7.54. The third-order valence-electron chi connectivity index (χ3n) is 5.30. The minimum absolute atomic E-state index is 0.150. The van der Waals surface area contributed by atoms with Gasteiger partial charge in [-0.05, 0) is 54.7 Å². The van der Waals surface area contributed by atoms with Crippen molar-refractivity contribution >= 4 is 16.7 Å². The van der Waals surface area contributed by atoms with Gasteiger partial charge in [-0.2, -0.15) is 0 Å². The quantitative estimate of drug-likeness (QED) is 0.465. The van der Waals surface area contributed by atoms with Gasteiger partial charge in [-0.25, -0.2) is 9.37 Å². The summed E-state index contributed by atoms with van der Waals surface area (Å²) in [5.41, 5.74) is 4.61. The highest BCUT2D eigenvalue weighted by Gasteiger charge is 2.18.